The fraction of sp³-hybridized carbons (Fsp3) is 0.0526. The smallest absolute Gasteiger partial charge is 0.185 e. The molecule has 0 aliphatic carbocycles. The number of hydrogen-bond donors (Lipinski definition) is 0. The molecule has 0 spiro atoms. The highest BCUT2D eigenvalue weighted by Gasteiger charge is 2.05. The van der Waals surface area contributed by atoms with E-state index in [-0.39, 0.29) is 5.78 Å². The lowest BCUT2D eigenvalue weighted by atomic mass is 10.1. The van der Waals surface area contributed by atoms with E-state index in [4.69, 9.17) is 4.74 Å². The molecule has 0 aliphatic rings. The van der Waals surface area contributed by atoms with Gasteiger partial charge in [-0.15, -0.1) is 0 Å². The van der Waals surface area contributed by atoms with E-state index < -0.39 is 0 Å². The highest BCUT2D eigenvalue weighted by Crippen LogP contribution is 2.24. The second kappa shape index (κ2) is 7.27. The molecule has 1 aromatic heterocycles. The zero-order valence-corrected chi connectivity index (χ0v) is 14.6. The Morgan fingerprint density at radius 2 is 2.00 bits per heavy atom. The summed E-state index contributed by atoms with van der Waals surface area (Å²) in [5.74, 6) is 0.659. The van der Waals surface area contributed by atoms with Crippen molar-refractivity contribution in [3.8, 4) is 11.4 Å². The molecule has 0 radical (unpaired) electrons. The van der Waals surface area contributed by atoms with E-state index in [2.05, 4.69) is 20.9 Å². The summed E-state index contributed by atoms with van der Waals surface area (Å²) in [5, 5.41) is 0. The predicted octanol–water partition coefficient (Wildman–Crippen LogP) is 4.54. The molecule has 0 atom stereocenters. The van der Waals surface area contributed by atoms with Crippen LogP contribution in [0.3, 0.4) is 0 Å². The third-order valence-corrected chi connectivity index (χ3v) is 4.05. The van der Waals surface area contributed by atoms with Gasteiger partial charge in [-0.05, 0) is 54.6 Å². The van der Waals surface area contributed by atoms with Gasteiger partial charge >= 0.3 is 0 Å². The Kier molecular flexibility index (Phi) is 4.91. The maximum Gasteiger partial charge on any atom is 0.185 e. The lowest BCUT2D eigenvalue weighted by Gasteiger charge is -2.05. The summed E-state index contributed by atoms with van der Waals surface area (Å²) in [7, 11) is 1.61. The molecule has 4 nitrogen and oxygen atoms in total. The predicted molar refractivity (Wildman–Crippen MR) is 97.6 cm³/mol. The van der Waals surface area contributed by atoms with Crippen LogP contribution in [0.5, 0.6) is 5.75 Å². The minimum Gasteiger partial charge on any atom is -0.496 e. The summed E-state index contributed by atoms with van der Waals surface area (Å²) < 4.78 is 8.12. The van der Waals surface area contributed by atoms with Crippen LogP contribution < -0.4 is 4.74 Å². The van der Waals surface area contributed by atoms with Crippen molar-refractivity contribution >= 4 is 27.8 Å². The van der Waals surface area contributed by atoms with Gasteiger partial charge in [-0.3, -0.25) is 4.79 Å². The molecule has 24 heavy (non-hydrogen) atoms. The largest absolute Gasteiger partial charge is 0.496 e. The normalized spacial score (nSPS) is 10.9. The first kappa shape index (κ1) is 16.2. The van der Waals surface area contributed by atoms with E-state index in [1.165, 1.54) is 0 Å². The molecular formula is C19H15BrN2O2. The van der Waals surface area contributed by atoms with Crippen LogP contribution in [0.25, 0.3) is 11.8 Å². The third-order valence-electron chi connectivity index (χ3n) is 3.56. The quantitative estimate of drug-likeness (QED) is 0.480. The van der Waals surface area contributed by atoms with Gasteiger partial charge in [0.05, 0.1) is 13.4 Å². The van der Waals surface area contributed by atoms with Crippen molar-refractivity contribution in [2.24, 2.45) is 0 Å². The van der Waals surface area contributed by atoms with Crippen LogP contribution in [-0.2, 0) is 0 Å². The Hall–Kier alpha value is -2.66. The molecule has 1 heterocycles. The molecular weight excluding hydrogens is 368 g/mol. The van der Waals surface area contributed by atoms with Crippen molar-refractivity contribution in [2.45, 2.75) is 0 Å². The Balaban J connectivity index is 1.79. The average Bonchev–Trinajstić information content (AvgIpc) is 3.14. The number of halogens is 1. The van der Waals surface area contributed by atoms with Crippen LogP contribution in [0.1, 0.15) is 15.9 Å². The topological polar surface area (TPSA) is 44.1 Å². The second-order valence-electron chi connectivity index (χ2n) is 5.10. The number of imidazole rings is 1. The van der Waals surface area contributed by atoms with Gasteiger partial charge in [-0.25, -0.2) is 4.98 Å². The minimum atomic E-state index is -0.0609. The summed E-state index contributed by atoms with van der Waals surface area (Å²) in [6, 6.07) is 13.1. The molecule has 0 amide bonds. The lowest BCUT2D eigenvalue weighted by Crippen LogP contribution is -1.96. The van der Waals surface area contributed by atoms with E-state index >= 15 is 0 Å². The highest BCUT2D eigenvalue weighted by atomic mass is 79.9. The molecule has 0 aliphatic heterocycles. The fourth-order valence-electron chi connectivity index (χ4n) is 2.31. The van der Waals surface area contributed by atoms with Gasteiger partial charge in [0, 0.05) is 33.7 Å². The monoisotopic (exact) mass is 382 g/mol. The summed E-state index contributed by atoms with van der Waals surface area (Å²) in [6.07, 6.45) is 8.60. The molecule has 3 aromatic rings. The van der Waals surface area contributed by atoms with Crippen molar-refractivity contribution < 1.29 is 9.53 Å². The molecule has 2 aromatic carbocycles. The van der Waals surface area contributed by atoms with Crippen molar-refractivity contribution in [3.63, 3.8) is 0 Å². The zero-order valence-electron chi connectivity index (χ0n) is 13.0. The first-order valence-corrected chi connectivity index (χ1v) is 8.11. The van der Waals surface area contributed by atoms with Gasteiger partial charge in [0.15, 0.2) is 5.78 Å². The number of carbonyl (C=O) groups is 1. The number of hydrogen-bond acceptors (Lipinski definition) is 3. The Morgan fingerprint density at radius 3 is 2.67 bits per heavy atom. The van der Waals surface area contributed by atoms with Crippen LogP contribution in [0, 0.1) is 0 Å². The molecule has 0 fully saturated rings. The number of ether oxygens (including phenoxy) is 1. The molecule has 3 rings (SSSR count). The van der Waals surface area contributed by atoms with Crippen molar-refractivity contribution in [2.75, 3.05) is 7.11 Å². The van der Waals surface area contributed by atoms with Gasteiger partial charge in [-0.2, -0.15) is 0 Å². The number of ketones is 1. The van der Waals surface area contributed by atoms with Crippen molar-refractivity contribution in [3.05, 3.63) is 82.9 Å². The molecule has 0 N–H and O–H groups in total. The Bertz CT molecular complexity index is 869. The molecule has 0 unspecified atom stereocenters. The first-order chi connectivity index (χ1) is 11.7. The number of methoxy groups -OCH3 is 1. The van der Waals surface area contributed by atoms with E-state index in [0.29, 0.717) is 5.56 Å². The summed E-state index contributed by atoms with van der Waals surface area (Å²) in [6.45, 7) is 0. The fourth-order valence-corrected chi connectivity index (χ4v) is 2.69. The van der Waals surface area contributed by atoms with Crippen LogP contribution in [-0.4, -0.2) is 22.4 Å². The number of benzene rings is 2. The lowest BCUT2D eigenvalue weighted by molar-refractivity contribution is 0.104. The van der Waals surface area contributed by atoms with Gasteiger partial charge in [0.1, 0.15) is 5.75 Å². The summed E-state index contributed by atoms with van der Waals surface area (Å²) in [5.41, 5.74) is 2.43. The van der Waals surface area contributed by atoms with Gasteiger partial charge in [0.25, 0.3) is 0 Å². The number of rotatable bonds is 5. The maximum absolute atomic E-state index is 12.3. The summed E-state index contributed by atoms with van der Waals surface area (Å²) >= 11 is 3.42. The van der Waals surface area contributed by atoms with E-state index in [9.17, 15) is 4.79 Å². The van der Waals surface area contributed by atoms with E-state index in [1.54, 1.807) is 43.9 Å². The van der Waals surface area contributed by atoms with Crippen LogP contribution in [0.4, 0.5) is 0 Å². The zero-order chi connectivity index (χ0) is 16.9. The molecule has 120 valence electrons. The van der Waals surface area contributed by atoms with Crippen molar-refractivity contribution in [1.29, 1.82) is 0 Å². The highest BCUT2D eigenvalue weighted by molar-refractivity contribution is 9.10. The van der Waals surface area contributed by atoms with Gasteiger partial charge < -0.3 is 9.30 Å². The molecule has 0 saturated carbocycles. The Morgan fingerprint density at radius 1 is 1.21 bits per heavy atom. The second-order valence-corrected chi connectivity index (χ2v) is 6.02. The number of allylic oxidation sites excluding steroid dienone is 1. The SMILES string of the molecule is COc1ccc(Br)cc1/C=C/C(=O)c1ccc(-n2ccnc2)cc1. The number of nitrogens with zero attached hydrogens (tertiary/aromatic N) is 2. The number of carbonyl (C=O) groups excluding carboxylic acids is 1. The average molecular weight is 383 g/mol. The molecule has 5 heteroatoms. The Labute approximate surface area is 148 Å². The molecule has 0 saturated heterocycles. The van der Waals surface area contributed by atoms with Crippen LogP contribution in [0.15, 0.2) is 71.7 Å². The minimum absolute atomic E-state index is 0.0609. The number of aromatic nitrogens is 2. The third kappa shape index (κ3) is 3.63. The van der Waals surface area contributed by atoms with Crippen LogP contribution in [0.2, 0.25) is 0 Å². The van der Waals surface area contributed by atoms with E-state index in [0.717, 1.165) is 21.5 Å². The van der Waals surface area contributed by atoms with Gasteiger partial charge in [-0.1, -0.05) is 15.9 Å². The van der Waals surface area contributed by atoms with Gasteiger partial charge in [0.2, 0.25) is 0 Å². The first-order valence-electron chi connectivity index (χ1n) is 7.32. The maximum atomic E-state index is 12.3. The van der Waals surface area contributed by atoms with Crippen LogP contribution >= 0.6 is 15.9 Å². The molecule has 0 bridgehead atoms. The standard InChI is InChI=1S/C19H15BrN2O2/c1-24-19-9-5-16(20)12-15(19)4-8-18(23)14-2-6-17(7-3-14)22-11-10-21-13-22/h2-13H,1H3/b8-4+. The van der Waals surface area contributed by atoms with Crippen molar-refractivity contribution in [1.82, 2.24) is 9.55 Å². The van der Waals surface area contributed by atoms with E-state index in [1.807, 2.05) is 41.1 Å². The summed E-state index contributed by atoms with van der Waals surface area (Å²) in [4.78, 5) is 16.4.